The molecular weight excluding hydrogens is 433 g/mol. The molecule has 1 amide bonds. The van der Waals surface area contributed by atoms with E-state index in [1.807, 2.05) is 0 Å². The van der Waals surface area contributed by atoms with E-state index < -0.39 is 23.5 Å². The zero-order valence-corrected chi connectivity index (χ0v) is 17.1. The first-order valence-corrected chi connectivity index (χ1v) is 9.86. The predicted octanol–water partition coefficient (Wildman–Crippen LogP) is 3.98. The summed E-state index contributed by atoms with van der Waals surface area (Å²) in [4.78, 5) is 15.9. The fraction of sp³-hybridized carbons (Fsp3) is 0.0870. The van der Waals surface area contributed by atoms with Crippen LogP contribution < -0.4 is 5.32 Å². The molecule has 5 rings (SSSR count). The van der Waals surface area contributed by atoms with Crippen LogP contribution in [0.5, 0.6) is 0 Å². The molecule has 5 aromatic rings. The molecule has 0 aliphatic heterocycles. The fourth-order valence-corrected chi connectivity index (χ4v) is 3.53. The second kappa shape index (κ2) is 7.66. The van der Waals surface area contributed by atoms with E-state index >= 15 is 8.78 Å². The van der Waals surface area contributed by atoms with Crippen molar-refractivity contribution < 1.29 is 18.0 Å². The van der Waals surface area contributed by atoms with Crippen LogP contribution in [0.3, 0.4) is 0 Å². The van der Waals surface area contributed by atoms with Crippen LogP contribution >= 0.6 is 0 Å². The van der Waals surface area contributed by atoms with Crippen LogP contribution in [0.15, 0.2) is 66.9 Å². The van der Waals surface area contributed by atoms with Crippen LogP contribution in [0.25, 0.3) is 27.8 Å². The van der Waals surface area contributed by atoms with Gasteiger partial charge in [0.15, 0.2) is 5.65 Å². The zero-order valence-electron chi connectivity index (χ0n) is 17.1. The van der Waals surface area contributed by atoms with Crippen molar-refractivity contribution in [2.75, 3.05) is 7.05 Å². The van der Waals surface area contributed by atoms with Gasteiger partial charge in [-0.2, -0.15) is 18.4 Å². The maximum absolute atomic E-state index is 15.5. The van der Waals surface area contributed by atoms with Gasteiger partial charge in [0.2, 0.25) is 5.82 Å². The maximum Gasteiger partial charge on any atom is 0.333 e. The highest BCUT2D eigenvalue weighted by atomic mass is 19.3. The summed E-state index contributed by atoms with van der Waals surface area (Å²) in [5.74, 6) is -5.52. The average Bonchev–Trinajstić information content (AvgIpc) is 3.27. The van der Waals surface area contributed by atoms with Crippen LogP contribution in [0.1, 0.15) is 21.7 Å². The molecule has 10 heteroatoms. The number of nitrogens with one attached hydrogen (secondary N) is 1. The minimum atomic E-state index is -3.51. The summed E-state index contributed by atoms with van der Waals surface area (Å²) in [6, 6.07) is 14.4. The number of carbonyl (C=O) groups excluding carboxylic acids is 1. The number of alkyl halides is 2. The summed E-state index contributed by atoms with van der Waals surface area (Å²) < 4.78 is 46.3. The summed E-state index contributed by atoms with van der Waals surface area (Å²) in [5, 5.41) is 14.6. The SMILES string of the molecule is CNC(=O)c1ccc(-c2ccc3nnc(C(F)(F)c4ccc5ncccc5c4)n3n2)cc1F. The molecule has 0 radical (unpaired) electrons. The third kappa shape index (κ3) is 3.45. The van der Waals surface area contributed by atoms with E-state index in [4.69, 9.17) is 0 Å². The molecule has 0 aliphatic carbocycles. The standard InChI is InChI=1S/C23H15F3N6O/c1-27-21(33)16-6-4-14(12-17(16)24)19-8-9-20-29-30-22(32(20)31-19)23(25,26)15-5-7-18-13(11-15)3-2-10-28-18/h2-12H,1H3,(H,27,33). The summed E-state index contributed by atoms with van der Waals surface area (Å²) in [5.41, 5.74) is 0.797. The van der Waals surface area contributed by atoms with Gasteiger partial charge in [-0.15, -0.1) is 10.2 Å². The van der Waals surface area contributed by atoms with Gasteiger partial charge in [0.05, 0.1) is 16.8 Å². The van der Waals surface area contributed by atoms with Gasteiger partial charge < -0.3 is 5.32 Å². The van der Waals surface area contributed by atoms with Crippen LogP contribution in [0, 0.1) is 5.82 Å². The molecule has 33 heavy (non-hydrogen) atoms. The number of carbonyl (C=O) groups is 1. The number of pyridine rings is 1. The molecule has 0 aliphatic rings. The van der Waals surface area contributed by atoms with E-state index in [-0.39, 0.29) is 22.5 Å². The summed E-state index contributed by atoms with van der Waals surface area (Å²) in [6.45, 7) is 0. The van der Waals surface area contributed by atoms with E-state index in [0.717, 1.165) is 10.6 Å². The van der Waals surface area contributed by atoms with Gasteiger partial charge in [0.25, 0.3) is 5.91 Å². The third-order valence-electron chi connectivity index (χ3n) is 5.25. The monoisotopic (exact) mass is 448 g/mol. The van der Waals surface area contributed by atoms with Crippen LogP contribution in [-0.4, -0.2) is 37.8 Å². The highest BCUT2D eigenvalue weighted by molar-refractivity contribution is 5.94. The molecular formula is C23H15F3N6O. The topological polar surface area (TPSA) is 85.1 Å². The highest BCUT2D eigenvalue weighted by Crippen LogP contribution is 2.36. The minimum absolute atomic E-state index is 0.110. The molecule has 0 saturated carbocycles. The Labute approximate surface area is 184 Å². The van der Waals surface area contributed by atoms with Gasteiger partial charge in [-0.05, 0) is 42.5 Å². The molecule has 2 aromatic carbocycles. The number of nitrogens with zero attached hydrogens (tertiary/aromatic N) is 5. The molecule has 0 atom stereocenters. The van der Waals surface area contributed by atoms with Crippen LogP contribution in [0.2, 0.25) is 0 Å². The Balaban J connectivity index is 1.59. The van der Waals surface area contributed by atoms with Crippen molar-refractivity contribution in [2.45, 2.75) is 5.92 Å². The van der Waals surface area contributed by atoms with Gasteiger partial charge in [-0.3, -0.25) is 9.78 Å². The second-order valence-electron chi connectivity index (χ2n) is 7.27. The Hall–Kier alpha value is -4.34. The van der Waals surface area contributed by atoms with Crippen molar-refractivity contribution in [3.05, 3.63) is 89.6 Å². The van der Waals surface area contributed by atoms with Crippen LogP contribution in [0.4, 0.5) is 13.2 Å². The molecule has 3 heterocycles. The second-order valence-corrected chi connectivity index (χ2v) is 7.27. The van der Waals surface area contributed by atoms with Crippen molar-refractivity contribution in [1.82, 2.24) is 30.1 Å². The Bertz CT molecular complexity index is 1530. The van der Waals surface area contributed by atoms with Gasteiger partial charge in [-0.1, -0.05) is 18.2 Å². The smallest absolute Gasteiger partial charge is 0.333 e. The van der Waals surface area contributed by atoms with Gasteiger partial charge in [0.1, 0.15) is 5.82 Å². The van der Waals surface area contributed by atoms with E-state index in [0.29, 0.717) is 16.5 Å². The lowest BCUT2D eigenvalue weighted by Gasteiger charge is -2.15. The van der Waals surface area contributed by atoms with Crippen molar-refractivity contribution >= 4 is 22.5 Å². The first-order valence-electron chi connectivity index (χ1n) is 9.86. The number of rotatable bonds is 4. The predicted molar refractivity (Wildman–Crippen MR) is 114 cm³/mol. The van der Waals surface area contributed by atoms with Gasteiger partial charge >= 0.3 is 5.92 Å². The summed E-state index contributed by atoms with van der Waals surface area (Å²) in [7, 11) is 1.39. The molecule has 0 spiro atoms. The number of aromatic nitrogens is 5. The summed E-state index contributed by atoms with van der Waals surface area (Å²) >= 11 is 0. The van der Waals surface area contributed by atoms with Gasteiger partial charge in [-0.25, -0.2) is 4.39 Å². The molecule has 0 unspecified atom stereocenters. The largest absolute Gasteiger partial charge is 0.355 e. The third-order valence-corrected chi connectivity index (χ3v) is 5.25. The van der Waals surface area contributed by atoms with Gasteiger partial charge in [0, 0.05) is 29.8 Å². The highest BCUT2D eigenvalue weighted by Gasteiger charge is 2.40. The molecule has 1 N–H and O–H groups in total. The average molecular weight is 448 g/mol. The normalized spacial score (nSPS) is 11.8. The van der Waals surface area contributed by atoms with E-state index in [2.05, 4.69) is 25.6 Å². The van der Waals surface area contributed by atoms with Crippen molar-refractivity contribution in [1.29, 1.82) is 0 Å². The Morgan fingerprint density at radius 2 is 1.88 bits per heavy atom. The Morgan fingerprint density at radius 1 is 1.03 bits per heavy atom. The Morgan fingerprint density at radius 3 is 2.67 bits per heavy atom. The lowest BCUT2D eigenvalue weighted by molar-refractivity contribution is 0.0307. The number of amides is 1. The molecule has 164 valence electrons. The first-order chi connectivity index (χ1) is 15.9. The molecule has 7 nitrogen and oxygen atoms in total. The van der Waals surface area contributed by atoms with Crippen molar-refractivity contribution in [3.8, 4) is 11.3 Å². The number of hydrogen-bond acceptors (Lipinski definition) is 5. The molecule has 0 fully saturated rings. The molecule has 3 aromatic heterocycles. The minimum Gasteiger partial charge on any atom is -0.355 e. The van der Waals surface area contributed by atoms with E-state index in [1.165, 1.54) is 49.5 Å². The van der Waals surface area contributed by atoms with E-state index in [9.17, 15) is 9.18 Å². The maximum atomic E-state index is 15.5. The number of benzene rings is 2. The number of fused-ring (bicyclic) bond motifs is 2. The lowest BCUT2D eigenvalue weighted by atomic mass is 10.0. The summed E-state index contributed by atoms with van der Waals surface area (Å²) in [6.07, 6.45) is 1.58. The fourth-order valence-electron chi connectivity index (χ4n) is 3.53. The van der Waals surface area contributed by atoms with Crippen LogP contribution in [-0.2, 0) is 5.92 Å². The van der Waals surface area contributed by atoms with Crippen molar-refractivity contribution in [3.63, 3.8) is 0 Å². The lowest BCUT2D eigenvalue weighted by Crippen LogP contribution is -2.20. The van der Waals surface area contributed by atoms with E-state index in [1.54, 1.807) is 18.3 Å². The van der Waals surface area contributed by atoms with Crippen molar-refractivity contribution in [2.24, 2.45) is 0 Å². The first kappa shape index (κ1) is 20.6. The number of halogens is 3. The number of hydrogen-bond donors (Lipinski definition) is 1. The quantitative estimate of drug-likeness (QED) is 0.450. The zero-order chi connectivity index (χ0) is 23.2. The Kier molecular flexibility index (Phi) is 4.77. The molecule has 0 bridgehead atoms. The molecule has 0 saturated heterocycles.